The molecular formula is C15H30O3Si. The third kappa shape index (κ3) is 4.92. The summed E-state index contributed by atoms with van der Waals surface area (Å²) in [4.78, 5) is 11.4. The molecule has 0 saturated heterocycles. The van der Waals surface area contributed by atoms with Crippen molar-refractivity contribution in [1.29, 1.82) is 0 Å². The van der Waals surface area contributed by atoms with Crippen LogP contribution in [0.4, 0.5) is 0 Å². The highest BCUT2D eigenvalue weighted by molar-refractivity contribution is 6.74. The summed E-state index contributed by atoms with van der Waals surface area (Å²) >= 11 is 0. The van der Waals surface area contributed by atoms with E-state index in [0.29, 0.717) is 18.4 Å². The maximum atomic E-state index is 11.4. The summed E-state index contributed by atoms with van der Waals surface area (Å²) < 4.78 is 11.2. The number of carbonyl (C=O) groups excluding carboxylic acids is 1. The van der Waals surface area contributed by atoms with Gasteiger partial charge in [-0.2, -0.15) is 0 Å². The molecular weight excluding hydrogens is 256 g/mol. The van der Waals surface area contributed by atoms with E-state index in [-0.39, 0.29) is 11.0 Å². The van der Waals surface area contributed by atoms with Crippen LogP contribution in [0.5, 0.6) is 0 Å². The second-order valence-electron chi connectivity index (χ2n) is 7.31. The van der Waals surface area contributed by atoms with E-state index in [0.717, 1.165) is 19.3 Å². The largest absolute Gasteiger partial charge is 0.469 e. The lowest BCUT2D eigenvalue weighted by Crippen LogP contribution is -2.45. The highest BCUT2D eigenvalue weighted by Gasteiger charge is 2.40. The fourth-order valence-electron chi connectivity index (χ4n) is 2.45. The lowest BCUT2D eigenvalue weighted by atomic mass is 9.85. The Morgan fingerprint density at radius 3 is 2.42 bits per heavy atom. The summed E-state index contributed by atoms with van der Waals surface area (Å²) in [5.41, 5.74) is 0. The van der Waals surface area contributed by atoms with Gasteiger partial charge in [-0.05, 0) is 43.3 Å². The normalized spacial score (nSPS) is 25.2. The molecule has 0 aromatic rings. The van der Waals surface area contributed by atoms with E-state index >= 15 is 0 Å². The fourth-order valence-corrected chi connectivity index (χ4v) is 3.85. The first-order chi connectivity index (χ1) is 8.65. The topological polar surface area (TPSA) is 35.5 Å². The minimum Gasteiger partial charge on any atom is -0.469 e. The molecule has 1 aliphatic rings. The Balaban J connectivity index is 2.54. The first kappa shape index (κ1) is 16.7. The van der Waals surface area contributed by atoms with Crippen molar-refractivity contribution in [2.45, 2.75) is 77.1 Å². The van der Waals surface area contributed by atoms with Crippen molar-refractivity contribution in [3.63, 3.8) is 0 Å². The molecule has 0 aromatic carbocycles. The maximum absolute atomic E-state index is 11.4. The molecule has 0 unspecified atom stereocenters. The van der Waals surface area contributed by atoms with Crippen LogP contribution >= 0.6 is 0 Å². The molecule has 1 fully saturated rings. The molecule has 0 amide bonds. The minimum atomic E-state index is -1.69. The second kappa shape index (κ2) is 6.40. The molecule has 0 heterocycles. The lowest BCUT2D eigenvalue weighted by molar-refractivity contribution is -0.142. The van der Waals surface area contributed by atoms with E-state index in [4.69, 9.17) is 9.16 Å². The van der Waals surface area contributed by atoms with Crippen LogP contribution in [-0.4, -0.2) is 27.5 Å². The summed E-state index contributed by atoms with van der Waals surface area (Å²) in [7, 11) is -0.219. The first-order valence-corrected chi connectivity index (χ1v) is 10.3. The number of hydrogen-bond acceptors (Lipinski definition) is 3. The summed E-state index contributed by atoms with van der Waals surface area (Å²) in [6.07, 6.45) is 5.34. The van der Waals surface area contributed by atoms with Crippen molar-refractivity contribution in [3.8, 4) is 0 Å². The molecule has 0 aromatic heterocycles. The van der Waals surface area contributed by atoms with Crippen molar-refractivity contribution in [2.75, 3.05) is 7.11 Å². The fraction of sp³-hybridized carbons (Fsp3) is 0.933. The van der Waals surface area contributed by atoms with Gasteiger partial charge >= 0.3 is 5.97 Å². The summed E-state index contributed by atoms with van der Waals surface area (Å²) in [6.45, 7) is 11.4. The Hall–Kier alpha value is -0.353. The SMILES string of the molecule is COC(=O)C[C@H]1CCC[C@@H](O[Si](C)(C)C(C)(C)C)C1. The van der Waals surface area contributed by atoms with E-state index in [2.05, 4.69) is 33.9 Å². The van der Waals surface area contributed by atoms with Gasteiger partial charge in [-0.3, -0.25) is 4.79 Å². The quantitative estimate of drug-likeness (QED) is 0.576. The van der Waals surface area contributed by atoms with Crippen LogP contribution in [-0.2, 0) is 14.0 Å². The van der Waals surface area contributed by atoms with Gasteiger partial charge in [-0.1, -0.05) is 27.2 Å². The monoisotopic (exact) mass is 286 g/mol. The van der Waals surface area contributed by atoms with Crippen molar-refractivity contribution in [2.24, 2.45) is 5.92 Å². The Bertz CT molecular complexity index is 307. The van der Waals surface area contributed by atoms with Crippen LogP contribution < -0.4 is 0 Å². The number of methoxy groups -OCH3 is 1. The first-order valence-electron chi connectivity index (χ1n) is 7.40. The van der Waals surface area contributed by atoms with E-state index < -0.39 is 8.32 Å². The van der Waals surface area contributed by atoms with Crippen LogP contribution in [0, 0.1) is 5.92 Å². The van der Waals surface area contributed by atoms with Crippen LogP contribution in [0.1, 0.15) is 52.9 Å². The van der Waals surface area contributed by atoms with Crippen molar-refractivity contribution in [1.82, 2.24) is 0 Å². The molecule has 0 bridgehead atoms. The van der Waals surface area contributed by atoms with E-state index in [1.165, 1.54) is 13.5 Å². The average Bonchev–Trinajstić information content (AvgIpc) is 2.27. The Morgan fingerprint density at radius 1 is 1.26 bits per heavy atom. The molecule has 2 atom stereocenters. The molecule has 1 aliphatic carbocycles. The smallest absolute Gasteiger partial charge is 0.305 e. The molecule has 112 valence electrons. The number of rotatable bonds is 4. The molecule has 0 N–H and O–H groups in total. The second-order valence-corrected chi connectivity index (χ2v) is 12.1. The van der Waals surface area contributed by atoms with E-state index in [9.17, 15) is 4.79 Å². The van der Waals surface area contributed by atoms with Gasteiger partial charge in [-0.15, -0.1) is 0 Å². The van der Waals surface area contributed by atoms with Gasteiger partial charge in [-0.25, -0.2) is 0 Å². The van der Waals surface area contributed by atoms with Gasteiger partial charge in [0.05, 0.1) is 7.11 Å². The van der Waals surface area contributed by atoms with E-state index in [1.54, 1.807) is 0 Å². The van der Waals surface area contributed by atoms with Gasteiger partial charge in [0.25, 0.3) is 0 Å². The Kier molecular flexibility index (Phi) is 5.62. The molecule has 3 nitrogen and oxygen atoms in total. The minimum absolute atomic E-state index is 0.0852. The number of carbonyl (C=O) groups is 1. The molecule has 0 spiro atoms. The molecule has 1 saturated carbocycles. The van der Waals surface area contributed by atoms with Gasteiger partial charge < -0.3 is 9.16 Å². The number of esters is 1. The Morgan fingerprint density at radius 2 is 1.89 bits per heavy atom. The van der Waals surface area contributed by atoms with Gasteiger partial charge in [0.15, 0.2) is 8.32 Å². The predicted molar refractivity (Wildman–Crippen MR) is 80.7 cm³/mol. The number of hydrogen-bond donors (Lipinski definition) is 0. The Labute approximate surface area is 119 Å². The average molecular weight is 286 g/mol. The van der Waals surface area contributed by atoms with E-state index in [1.807, 2.05) is 0 Å². The zero-order chi connectivity index (χ0) is 14.7. The standard InChI is InChI=1S/C15H30O3Si/c1-15(2,3)19(5,6)18-13-9-7-8-12(10-13)11-14(16)17-4/h12-13H,7-11H2,1-6H3/t12-,13+/m0/s1. The maximum Gasteiger partial charge on any atom is 0.305 e. The zero-order valence-electron chi connectivity index (χ0n) is 13.4. The highest BCUT2D eigenvalue weighted by Crippen LogP contribution is 2.40. The lowest BCUT2D eigenvalue weighted by Gasteiger charge is -2.41. The van der Waals surface area contributed by atoms with Crippen LogP contribution in [0.3, 0.4) is 0 Å². The third-order valence-electron chi connectivity index (χ3n) is 4.69. The van der Waals surface area contributed by atoms with Crippen LogP contribution in [0.15, 0.2) is 0 Å². The van der Waals surface area contributed by atoms with Crippen molar-refractivity contribution >= 4 is 14.3 Å². The summed E-state index contributed by atoms with van der Waals surface area (Å²) in [5, 5.41) is 0.252. The van der Waals surface area contributed by atoms with Crippen molar-refractivity contribution in [3.05, 3.63) is 0 Å². The van der Waals surface area contributed by atoms with Gasteiger partial charge in [0.2, 0.25) is 0 Å². The molecule has 1 rings (SSSR count). The van der Waals surface area contributed by atoms with Gasteiger partial charge in [0, 0.05) is 12.5 Å². The molecule has 0 radical (unpaired) electrons. The van der Waals surface area contributed by atoms with Crippen LogP contribution in [0.2, 0.25) is 18.1 Å². The van der Waals surface area contributed by atoms with Crippen LogP contribution in [0.25, 0.3) is 0 Å². The van der Waals surface area contributed by atoms with Crippen molar-refractivity contribution < 1.29 is 14.0 Å². The summed E-state index contributed by atoms with van der Waals surface area (Å²) in [6, 6.07) is 0. The van der Waals surface area contributed by atoms with Gasteiger partial charge in [0.1, 0.15) is 0 Å². The third-order valence-corrected chi connectivity index (χ3v) is 9.22. The summed E-state index contributed by atoms with van der Waals surface area (Å²) in [5.74, 6) is 0.356. The highest BCUT2D eigenvalue weighted by atomic mass is 28.4. The molecule has 4 heteroatoms. The predicted octanol–water partition coefficient (Wildman–Crippen LogP) is 4.13. The molecule has 0 aliphatic heterocycles. The number of ether oxygens (including phenoxy) is 1. The molecule has 19 heavy (non-hydrogen) atoms. The zero-order valence-corrected chi connectivity index (χ0v) is 14.4.